The molecule has 0 N–H and O–H groups in total. The van der Waals surface area contributed by atoms with E-state index in [-0.39, 0.29) is 18.2 Å². The fraction of sp³-hybridized carbons (Fsp3) is 0.296. The number of nitrogens with zero attached hydrogens (tertiary/aromatic N) is 4. The molecule has 0 spiro atoms. The van der Waals surface area contributed by atoms with Gasteiger partial charge in [-0.1, -0.05) is 47.5 Å². The van der Waals surface area contributed by atoms with Crippen molar-refractivity contribution in [2.45, 2.75) is 44.9 Å². The van der Waals surface area contributed by atoms with Crippen LogP contribution < -0.4 is 0 Å². The summed E-state index contributed by atoms with van der Waals surface area (Å²) in [6, 6.07) is 15.3. The van der Waals surface area contributed by atoms with Crippen LogP contribution in [-0.4, -0.2) is 26.4 Å². The van der Waals surface area contributed by atoms with Gasteiger partial charge in [0.15, 0.2) is 5.69 Å². The number of aryl methyl sites for hydroxylation is 1. The maximum atomic E-state index is 13.5. The lowest BCUT2D eigenvalue weighted by atomic mass is 9.77. The predicted octanol–water partition coefficient (Wildman–Crippen LogP) is 7.34. The van der Waals surface area contributed by atoms with Crippen LogP contribution in [0.2, 0.25) is 10.0 Å². The molecule has 1 aliphatic heterocycles. The molecule has 0 unspecified atom stereocenters. The molecule has 0 bridgehead atoms. The number of aromatic nitrogens is 2. The average molecular weight is 547 g/mol. The van der Waals surface area contributed by atoms with Gasteiger partial charge in [-0.2, -0.15) is 23.4 Å². The van der Waals surface area contributed by atoms with Crippen LogP contribution in [0.4, 0.5) is 13.2 Å². The zero-order valence-electron chi connectivity index (χ0n) is 19.8. The number of rotatable bonds is 4. The Labute approximate surface area is 222 Å². The Kier molecular flexibility index (Phi) is 6.89. The SMILES string of the molecule is Cc1cc(C(F)(F)F)nn1CC(=O)N1N=C2/C(=C/c3ccc(Cl)cc3)CCC[C@H]2[C@H]1c1ccc(Cl)cc1. The first kappa shape index (κ1) is 25.5. The van der Waals surface area contributed by atoms with Crippen molar-refractivity contribution in [3.05, 3.63) is 92.7 Å². The summed E-state index contributed by atoms with van der Waals surface area (Å²) in [7, 11) is 0. The number of benzene rings is 2. The van der Waals surface area contributed by atoms with E-state index < -0.39 is 23.8 Å². The summed E-state index contributed by atoms with van der Waals surface area (Å²) in [6.45, 7) is 1.14. The average Bonchev–Trinajstić information content (AvgIpc) is 3.43. The van der Waals surface area contributed by atoms with Crippen molar-refractivity contribution in [1.82, 2.24) is 14.8 Å². The van der Waals surface area contributed by atoms with E-state index in [9.17, 15) is 18.0 Å². The van der Waals surface area contributed by atoms with Gasteiger partial charge < -0.3 is 0 Å². The van der Waals surface area contributed by atoms with E-state index in [1.165, 1.54) is 11.9 Å². The maximum absolute atomic E-state index is 13.5. The molecule has 1 aliphatic carbocycles. The van der Waals surface area contributed by atoms with Crippen LogP contribution in [-0.2, 0) is 17.5 Å². The number of carbonyl (C=O) groups is 1. The zero-order chi connectivity index (χ0) is 26.3. The lowest BCUT2D eigenvalue weighted by Gasteiger charge is -2.29. The van der Waals surface area contributed by atoms with E-state index in [2.05, 4.69) is 11.2 Å². The number of allylic oxidation sites excluding steroid dienone is 1. The van der Waals surface area contributed by atoms with Crippen molar-refractivity contribution in [1.29, 1.82) is 0 Å². The van der Waals surface area contributed by atoms with Crippen molar-refractivity contribution in [2.24, 2.45) is 11.0 Å². The van der Waals surface area contributed by atoms with Crippen molar-refractivity contribution in [3.8, 4) is 0 Å². The van der Waals surface area contributed by atoms with Crippen molar-refractivity contribution < 1.29 is 18.0 Å². The summed E-state index contributed by atoms with van der Waals surface area (Å²) in [4.78, 5) is 13.5. The molecule has 1 saturated carbocycles. The lowest BCUT2D eigenvalue weighted by Crippen LogP contribution is -2.34. The minimum atomic E-state index is -4.59. The minimum absolute atomic E-state index is 0.0538. The molecule has 10 heteroatoms. The second-order valence-corrected chi connectivity index (χ2v) is 10.1. The van der Waals surface area contributed by atoms with Gasteiger partial charge in [-0.05, 0) is 79.3 Å². The third-order valence-electron chi connectivity index (χ3n) is 6.74. The second kappa shape index (κ2) is 9.99. The van der Waals surface area contributed by atoms with Gasteiger partial charge in [-0.3, -0.25) is 9.48 Å². The molecule has 2 aliphatic rings. The van der Waals surface area contributed by atoms with Gasteiger partial charge >= 0.3 is 6.18 Å². The quantitative estimate of drug-likeness (QED) is 0.343. The van der Waals surface area contributed by atoms with Gasteiger partial charge in [0.05, 0.1) is 11.8 Å². The van der Waals surface area contributed by atoms with Crippen LogP contribution in [0.1, 0.15) is 47.8 Å². The molecule has 2 aromatic carbocycles. The summed E-state index contributed by atoms with van der Waals surface area (Å²) in [5.74, 6) is -0.491. The van der Waals surface area contributed by atoms with E-state index in [0.29, 0.717) is 10.0 Å². The standard InChI is InChI=1S/C27H23Cl2F3N4O/c1-16-13-23(27(30,31)32)33-35(16)15-24(37)36-26(18-7-11-21(29)12-8-18)22-4-2-3-19(25(22)34-36)14-17-5-9-20(28)10-6-17/h5-14,22,26H,2-4,15H2,1H3/b19-14+/t22-,26-/m1/s1. The van der Waals surface area contributed by atoms with E-state index >= 15 is 0 Å². The van der Waals surface area contributed by atoms with Crippen LogP contribution in [0.15, 0.2) is 65.3 Å². The molecule has 3 aromatic rings. The molecule has 5 rings (SSSR count). The van der Waals surface area contributed by atoms with Crippen LogP contribution in [0, 0.1) is 12.8 Å². The monoisotopic (exact) mass is 546 g/mol. The number of halogens is 5. The number of alkyl halides is 3. The second-order valence-electron chi connectivity index (χ2n) is 9.27. The largest absolute Gasteiger partial charge is 0.435 e. The van der Waals surface area contributed by atoms with Gasteiger partial charge in [0.1, 0.15) is 6.54 Å². The van der Waals surface area contributed by atoms with Gasteiger partial charge in [-0.25, -0.2) is 5.01 Å². The predicted molar refractivity (Wildman–Crippen MR) is 137 cm³/mol. The Morgan fingerprint density at radius 2 is 1.73 bits per heavy atom. The molecule has 192 valence electrons. The van der Waals surface area contributed by atoms with Gasteiger partial charge in [0.2, 0.25) is 0 Å². The Morgan fingerprint density at radius 3 is 2.35 bits per heavy atom. The Morgan fingerprint density at radius 1 is 1.08 bits per heavy atom. The van der Waals surface area contributed by atoms with Crippen molar-refractivity contribution in [2.75, 3.05) is 0 Å². The highest BCUT2D eigenvalue weighted by atomic mass is 35.5. The first-order valence-corrected chi connectivity index (χ1v) is 12.6. The molecule has 0 saturated heterocycles. The van der Waals surface area contributed by atoms with Crippen molar-refractivity contribution >= 4 is 40.9 Å². The fourth-order valence-corrected chi connectivity index (χ4v) is 5.22. The highest BCUT2D eigenvalue weighted by Gasteiger charge is 2.44. The molecule has 1 amide bonds. The number of carbonyl (C=O) groups excluding carboxylic acids is 1. The zero-order valence-corrected chi connectivity index (χ0v) is 21.4. The molecule has 1 fully saturated rings. The van der Waals surface area contributed by atoms with Crippen LogP contribution in [0.3, 0.4) is 0 Å². The van der Waals surface area contributed by atoms with Crippen LogP contribution in [0.25, 0.3) is 6.08 Å². The van der Waals surface area contributed by atoms with Crippen LogP contribution >= 0.6 is 23.2 Å². The third kappa shape index (κ3) is 5.31. The summed E-state index contributed by atoms with van der Waals surface area (Å²) < 4.78 is 40.6. The molecule has 0 radical (unpaired) electrons. The van der Waals surface area contributed by atoms with Crippen LogP contribution in [0.5, 0.6) is 0 Å². The summed E-state index contributed by atoms with van der Waals surface area (Å²) in [5.41, 5.74) is 2.91. The number of hydrogen-bond donors (Lipinski definition) is 0. The molecule has 2 heterocycles. The number of hydrogen-bond acceptors (Lipinski definition) is 3. The maximum Gasteiger partial charge on any atom is 0.435 e. The third-order valence-corrected chi connectivity index (χ3v) is 7.24. The topological polar surface area (TPSA) is 50.5 Å². The Balaban J connectivity index is 1.51. The summed E-state index contributed by atoms with van der Waals surface area (Å²) in [5, 5.41) is 11.0. The highest BCUT2D eigenvalue weighted by Crippen LogP contribution is 2.44. The number of hydrazone groups is 1. The van der Waals surface area contributed by atoms with E-state index in [4.69, 9.17) is 28.3 Å². The Bertz CT molecular complexity index is 1380. The molecule has 5 nitrogen and oxygen atoms in total. The smallest absolute Gasteiger partial charge is 0.271 e. The molecule has 37 heavy (non-hydrogen) atoms. The summed E-state index contributed by atoms with van der Waals surface area (Å²) in [6.07, 6.45) is 0.0202. The van der Waals surface area contributed by atoms with Gasteiger partial charge in [0, 0.05) is 21.7 Å². The molecular formula is C27H23Cl2F3N4O. The molecule has 2 atom stereocenters. The normalized spacial score (nSPS) is 20.8. The minimum Gasteiger partial charge on any atom is -0.271 e. The van der Waals surface area contributed by atoms with E-state index in [1.54, 1.807) is 12.1 Å². The first-order valence-electron chi connectivity index (χ1n) is 11.8. The number of fused-ring (bicyclic) bond motifs is 1. The van der Waals surface area contributed by atoms with Gasteiger partial charge in [0.25, 0.3) is 5.91 Å². The number of amides is 1. The van der Waals surface area contributed by atoms with Crippen molar-refractivity contribution in [3.63, 3.8) is 0 Å². The van der Waals surface area contributed by atoms with E-state index in [0.717, 1.165) is 52.4 Å². The fourth-order valence-electron chi connectivity index (χ4n) is 4.97. The first-order chi connectivity index (χ1) is 17.6. The van der Waals surface area contributed by atoms with E-state index in [1.807, 2.05) is 36.4 Å². The Hall–Kier alpha value is -3.10. The molecular weight excluding hydrogens is 524 g/mol. The highest BCUT2D eigenvalue weighted by molar-refractivity contribution is 6.30. The lowest BCUT2D eigenvalue weighted by molar-refractivity contribution is -0.142. The molecule has 1 aromatic heterocycles. The summed E-state index contributed by atoms with van der Waals surface area (Å²) >= 11 is 12.1. The van der Waals surface area contributed by atoms with Gasteiger partial charge in [-0.15, -0.1) is 0 Å².